The number of thioether (sulfide) groups is 1. The summed E-state index contributed by atoms with van der Waals surface area (Å²) in [6, 6.07) is 4.04. The van der Waals surface area contributed by atoms with Crippen LogP contribution in [0.15, 0.2) is 12.1 Å². The first-order valence-corrected chi connectivity index (χ1v) is 7.96. The minimum absolute atomic E-state index is 0.770. The first-order chi connectivity index (χ1) is 8.77. The maximum Gasteiger partial charge on any atom is 0.142 e. The van der Waals surface area contributed by atoms with E-state index in [1.54, 1.807) is 0 Å². The number of aryl methyl sites for hydroxylation is 1. The molecule has 0 fully saturated rings. The molecule has 3 nitrogen and oxygen atoms in total. The summed E-state index contributed by atoms with van der Waals surface area (Å²) in [5, 5.41) is 3.37. The van der Waals surface area contributed by atoms with Gasteiger partial charge in [0.1, 0.15) is 5.75 Å². The number of ether oxygens (including phenoxy) is 1. The molecule has 0 aliphatic heterocycles. The van der Waals surface area contributed by atoms with Crippen molar-refractivity contribution in [1.82, 2.24) is 10.3 Å². The minimum Gasteiger partial charge on any atom is -0.492 e. The van der Waals surface area contributed by atoms with E-state index in [0.29, 0.717) is 0 Å². The lowest BCUT2D eigenvalue weighted by Crippen LogP contribution is -2.16. The van der Waals surface area contributed by atoms with Crippen molar-refractivity contribution in [1.29, 1.82) is 0 Å². The summed E-state index contributed by atoms with van der Waals surface area (Å²) in [5.41, 5.74) is 2.06. The third kappa shape index (κ3) is 5.74. The number of aromatic nitrogens is 1. The summed E-state index contributed by atoms with van der Waals surface area (Å²) in [4.78, 5) is 4.55. The van der Waals surface area contributed by atoms with Crippen molar-refractivity contribution < 1.29 is 4.74 Å². The molecule has 1 rings (SSSR count). The van der Waals surface area contributed by atoms with Gasteiger partial charge in [-0.15, -0.1) is 0 Å². The fourth-order valence-electron chi connectivity index (χ4n) is 1.62. The zero-order valence-corrected chi connectivity index (χ0v) is 12.5. The van der Waals surface area contributed by atoms with Crippen LogP contribution in [0, 0.1) is 6.92 Å². The van der Waals surface area contributed by atoms with Crippen molar-refractivity contribution >= 4 is 11.8 Å². The second-order valence-electron chi connectivity index (χ2n) is 4.27. The molecule has 0 unspecified atom stereocenters. The van der Waals surface area contributed by atoms with E-state index in [2.05, 4.69) is 23.5 Å². The van der Waals surface area contributed by atoms with E-state index in [1.807, 2.05) is 30.8 Å². The van der Waals surface area contributed by atoms with Crippen LogP contribution in [-0.4, -0.2) is 30.1 Å². The van der Waals surface area contributed by atoms with Gasteiger partial charge in [-0.1, -0.05) is 6.92 Å². The summed E-state index contributed by atoms with van der Waals surface area (Å²) < 4.78 is 5.81. The predicted octanol–water partition coefficient (Wildman–Crippen LogP) is 3.02. The summed E-state index contributed by atoms with van der Waals surface area (Å²) in [7, 11) is 0. The standard InChI is InChI=1S/C14H24N2OS/c1-4-8-15-11-13-14(7-6-12(2)16-13)17-9-5-10-18-3/h6-7,15H,4-5,8-11H2,1-3H3. The lowest BCUT2D eigenvalue weighted by atomic mass is 10.2. The van der Waals surface area contributed by atoms with Gasteiger partial charge in [-0.2, -0.15) is 11.8 Å². The molecule has 102 valence electrons. The molecular weight excluding hydrogens is 244 g/mol. The van der Waals surface area contributed by atoms with Crippen LogP contribution in [0.3, 0.4) is 0 Å². The Labute approximate surface area is 115 Å². The number of rotatable bonds is 9. The van der Waals surface area contributed by atoms with Gasteiger partial charge in [0.25, 0.3) is 0 Å². The molecule has 1 heterocycles. The Bertz CT molecular complexity index is 345. The van der Waals surface area contributed by atoms with Gasteiger partial charge in [-0.3, -0.25) is 4.98 Å². The number of nitrogens with one attached hydrogen (secondary N) is 1. The summed E-state index contributed by atoms with van der Waals surface area (Å²) in [5.74, 6) is 2.06. The number of hydrogen-bond donors (Lipinski definition) is 1. The second-order valence-corrected chi connectivity index (χ2v) is 5.25. The summed E-state index contributed by atoms with van der Waals surface area (Å²) in [6.07, 6.45) is 4.33. The molecule has 0 saturated carbocycles. The third-order valence-electron chi connectivity index (χ3n) is 2.54. The molecule has 0 bridgehead atoms. The second kappa shape index (κ2) is 9.22. The van der Waals surface area contributed by atoms with E-state index in [0.717, 1.165) is 55.4 Å². The maximum absolute atomic E-state index is 5.81. The van der Waals surface area contributed by atoms with E-state index in [-0.39, 0.29) is 0 Å². The summed E-state index contributed by atoms with van der Waals surface area (Å²) >= 11 is 1.85. The van der Waals surface area contributed by atoms with E-state index in [9.17, 15) is 0 Å². The first kappa shape index (κ1) is 15.3. The van der Waals surface area contributed by atoms with Gasteiger partial charge in [-0.05, 0) is 50.5 Å². The van der Waals surface area contributed by atoms with E-state index in [4.69, 9.17) is 4.74 Å². The van der Waals surface area contributed by atoms with Crippen LogP contribution in [0.5, 0.6) is 5.75 Å². The molecule has 1 aromatic rings. The van der Waals surface area contributed by atoms with Crippen molar-refractivity contribution in [3.63, 3.8) is 0 Å². The van der Waals surface area contributed by atoms with Crippen LogP contribution in [0.25, 0.3) is 0 Å². The molecule has 0 radical (unpaired) electrons. The van der Waals surface area contributed by atoms with Gasteiger partial charge >= 0.3 is 0 Å². The highest BCUT2D eigenvalue weighted by Gasteiger charge is 2.05. The van der Waals surface area contributed by atoms with Crippen molar-refractivity contribution in [3.8, 4) is 5.75 Å². The zero-order chi connectivity index (χ0) is 13.2. The van der Waals surface area contributed by atoms with Gasteiger partial charge in [-0.25, -0.2) is 0 Å². The molecule has 0 aliphatic rings. The Morgan fingerprint density at radius 1 is 1.39 bits per heavy atom. The van der Waals surface area contributed by atoms with Gasteiger partial charge < -0.3 is 10.1 Å². The average Bonchev–Trinajstić information content (AvgIpc) is 2.37. The lowest BCUT2D eigenvalue weighted by Gasteiger charge is -2.12. The van der Waals surface area contributed by atoms with Crippen molar-refractivity contribution in [3.05, 3.63) is 23.5 Å². The smallest absolute Gasteiger partial charge is 0.142 e. The highest BCUT2D eigenvalue weighted by atomic mass is 32.2. The monoisotopic (exact) mass is 268 g/mol. The molecule has 0 saturated heterocycles. The lowest BCUT2D eigenvalue weighted by molar-refractivity contribution is 0.312. The number of pyridine rings is 1. The van der Waals surface area contributed by atoms with Crippen LogP contribution in [-0.2, 0) is 6.54 Å². The molecular formula is C14H24N2OS. The molecule has 18 heavy (non-hydrogen) atoms. The molecule has 4 heteroatoms. The number of nitrogens with zero attached hydrogens (tertiary/aromatic N) is 1. The fourth-order valence-corrected chi connectivity index (χ4v) is 2.03. The van der Waals surface area contributed by atoms with Crippen molar-refractivity contribution in [2.75, 3.05) is 25.2 Å². The quantitative estimate of drug-likeness (QED) is 0.698. The molecule has 0 aliphatic carbocycles. The summed E-state index contributed by atoms with van der Waals surface area (Å²) in [6.45, 7) is 6.75. The highest BCUT2D eigenvalue weighted by molar-refractivity contribution is 7.98. The topological polar surface area (TPSA) is 34.2 Å². The van der Waals surface area contributed by atoms with Crippen LogP contribution in [0.1, 0.15) is 31.2 Å². The van der Waals surface area contributed by atoms with Crippen molar-refractivity contribution in [2.24, 2.45) is 0 Å². The van der Waals surface area contributed by atoms with Gasteiger partial charge in [0.15, 0.2) is 0 Å². The number of hydrogen-bond acceptors (Lipinski definition) is 4. The molecule has 1 N–H and O–H groups in total. The average molecular weight is 268 g/mol. The molecule has 1 aromatic heterocycles. The normalized spacial score (nSPS) is 10.6. The molecule has 0 spiro atoms. The fraction of sp³-hybridized carbons (Fsp3) is 0.643. The van der Waals surface area contributed by atoms with Gasteiger partial charge in [0.05, 0.1) is 12.3 Å². The maximum atomic E-state index is 5.81. The molecule has 0 atom stereocenters. The molecule has 0 aromatic carbocycles. The first-order valence-electron chi connectivity index (χ1n) is 6.57. The third-order valence-corrected chi connectivity index (χ3v) is 3.24. The molecule has 0 amide bonds. The highest BCUT2D eigenvalue weighted by Crippen LogP contribution is 2.17. The van der Waals surface area contributed by atoms with Crippen LogP contribution >= 0.6 is 11.8 Å². The van der Waals surface area contributed by atoms with Gasteiger partial charge in [0, 0.05) is 12.2 Å². The van der Waals surface area contributed by atoms with Gasteiger partial charge in [0.2, 0.25) is 0 Å². The Hall–Kier alpha value is -0.740. The largest absolute Gasteiger partial charge is 0.492 e. The van der Waals surface area contributed by atoms with E-state index in [1.165, 1.54) is 0 Å². The Balaban J connectivity index is 2.52. The van der Waals surface area contributed by atoms with Crippen LogP contribution in [0.2, 0.25) is 0 Å². The predicted molar refractivity (Wildman–Crippen MR) is 79.5 cm³/mol. The van der Waals surface area contributed by atoms with Crippen molar-refractivity contribution in [2.45, 2.75) is 33.2 Å². The minimum atomic E-state index is 0.770. The van der Waals surface area contributed by atoms with E-state index >= 15 is 0 Å². The zero-order valence-electron chi connectivity index (χ0n) is 11.7. The van der Waals surface area contributed by atoms with Crippen LogP contribution in [0.4, 0.5) is 0 Å². The Kier molecular flexibility index (Phi) is 7.85. The Morgan fingerprint density at radius 3 is 2.94 bits per heavy atom. The Morgan fingerprint density at radius 2 is 2.22 bits per heavy atom. The van der Waals surface area contributed by atoms with E-state index < -0.39 is 0 Å². The van der Waals surface area contributed by atoms with Crippen LogP contribution < -0.4 is 10.1 Å². The SMILES string of the molecule is CCCNCc1nc(C)ccc1OCCCSC.